The Morgan fingerprint density at radius 2 is 1.96 bits per heavy atom. The summed E-state index contributed by atoms with van der Waals surface area (Å²) in [7, 11) is 0. The summed E-state index contributed by atoms with van der Waals surface area (Å²) in [4.78, 5) is 24.2. The number of hydrogen-bond acceptors (Lipinski definition) is 7. The van der Waals surface area contributed by atoms with E-state index in [2.05, 4.69) is 31.1 Å². The molecule has 0 fully saturated rings. The van der Waals surface area contributed by atoms with E-state index in [4.69, 9.17) is 17.3 Å². The highest BCUT2D eigenvalue weighted by atomic mass is 35.5. The largest absolute Gasteiger partial charge is 0.393 e. The first kappa shape index (κ1) is 16.5. The molecule has 0 aliphatic heterocycles. The van der Waals surface area contributed by atoms with E-state index in [0.717, 1.165) is 5.69 Å². The molecular formula is C16H14ClN7O. The molecule has 9 heteroatoms. The zero-order valence-electron chi connectivity index (χ0n) is 12.9. The molecule has 1 amide bonds. The van der Waals surface area contributed by atoms with Crippen LogP contribution < -0.4 is 21.9 Å². The van der Waals surface area contributed by atoms with Gasteiger partial charge >= 0.3 is 0 Å². The summed E-state index contributed by atoms with van der Waals surface area (Å²) in [5.74, 6) is 0.279. The maximum Gasteiger partial charge on any atom is 0.269 e. The number of amides is 1. The number of nitrogens with zero attached hydrogens (tertiary/aromatic N) is 3. The van der Waals surface area contributed by atoms with Crippen molar-refractivity contribution >= 4 is 40.5 Å². The van der Waals surface area contributed by atoms with Crippen molar-refractivity contribution in [2.45, 2.75) is 0 Å². The normalized spacial score (nSPS) is 10.1. The van der Waals surface area contributed by atoms with Gasteiger partial charge in [-0.3, -0.25) is 20.6 Å². The molecule has 0 unspecified atom stereocenters. The summed E-state index contributed by atoms with van der Waals surface area (Å²) in [6.07, 6.45) is 4.62. The number of hydrazine groups is 1. The molecule has 3 rings (SSSR count). The Morgan fingerprint density at radius 3 is 2.72 bits per heavy atom. The average molecular weight is 356 g/mol. The second-order valence-electron chi connectivity index (χ2n) is 4.94. The molecule has 0 radical (unpaired) electrons. The molecule has 0 aliphatic carbocycles. The highest BCUT2D eigenvalue weighted by Crippen LogP contribution is 2.24. The minimum Gasteiger partial charge on any atom is -0.393 e. The van der Waals surface area contributed by atoms with Crippen molar-refractivity contribution in [1.29, 1.82) is 0 Å². The van der Waals surface area contributed by atoms with Crippen molar-refractivity contribution in [3.8, 4) is 0 Å². The fraction of sp³-hybridized carbons (Fsp3) is 0. The summed E-state index contributed by atoms with van der Waals surface area (Å²) in [6, 6.07) is 10.2. The van der Waals surface area contributed by atoms with Crippen molar-refractivity contribution in [3.63, 3.8) is 0 Å². The van der Waals surface area contributed by atoms with Gasteiger partial charge in [-0.2, -0.15) is 0 Å². The van der Waals surface area contributed by atoms with Gasteiger partial charge in [0.15, 0.2) is 11.6 Å². The van der Waals surface area contributed by atoms with Crippen molar-refractivity contribution in [2.75, 3.05) is 16.5 Å². The Balaban J connectivity index is 1.71. The molecule has 0 atom stereocenters. The van der Waals surface area contributed by atoms with E-state index in [9.17, 15) is 4.79 Å². The van der Waals surface area contributed by atoms with Crippen LogP contribution in [-0.2, 0) is 0 Å². The monoisotopic (exact) mass is 355 g/mol. The fourth-order valence-corrected chi connectivity index (χ4v) is 2.18. The number of rotatable bonds is 5. The number of nitrogens with one attached hydrogen (secondary N) is 3. The molecule has 3 aromatic rings. The number of aromatic nitrogens is 3. The summed E-state index contributed by atoms with van der Waals surface area (Å²) in [6.45, 7) is 0. The van der Waals surface area contributed by atoms with Crippen LogP contribution in [0.2, 0.25) is 5.02 Å². The van der Waals surface area contributed by atoms with Gasteiger partial charge in [0, 0.05) is 16.8 Å². The lowest BCUT2D eigenvalue weighted by atomic mass is 10.2. The Kier molecular flexibility index (Phi) is 4.91. The van der Waals surface area contributed by atoms with E-state index in [0.29, 0.717) is 16.4 Å². The number of carbonyl (C=O) groups excluding carboxylic acids is 1. The second-order valence-corrected chi connectivity index (χ2v) is 5.38. The third-order valence-electron chi connectivity index (χ3n) is 3.19. The quantitative estimate of drug-likeness (QED) is 0.519. The summed E-state index contributed by atoms with van der Waals surface area (Å²) >= 11 is 5.87. The standard InChI is InChI=1S/C16H14ClN7O/c17-11-4-1-3-10(7-11)16(25)24-23-15-13(18)14(20-9-21-15)22-12-5-2-6-19-8-12/h1-9H,18H2,(H,24,25)(H2,20,21,22,23). The Hall–Kier alpha value is -3.39. The van der Waals surface area contributed by atoms with Crippen LogP contribution in [0.1, 0.15) is 10.4 Å². The van der Waals surface area contributed by atoms with Crippen LogP contribution in [0.15, 0.2) is 55.1 Å². The molecule has 0 aliphatic rings. The summed E-state index contributed by atoms with van der Waals surface area (Å²) < 4.78 is 0. The third-order valence-corrected chi connectivity index (χ3v) is 3.42. The first-order valence-electron chi connectivity index (χ1n) is 7.23. The minimum atomic E-state index is -0.373. The van der Waals surface area contributed by atoms with Gasteiger partial charge in [-0.25, -0.2) is 9.97 Å². The van der Waals surface area contributed by atoms with Gasteiger partial charge in [-0.05, 0) is 30.3 Å². The van der Waals surface area contributed by atoms with Gasteiger partial charge in [0.1, 0.15) is 12.0 Å². The van der Waals surface area contributed by atoms with E-state index in [1.54, 1.807) is 42.7 Å². The molecule has 0 saturated carbocycles. The topological polar surface area (TPSA) is 118 Å². The van der Waals surface area contributed by atoms with Crippen LogP contribution in [0, 0.1) is 0 Å². The van der Waals surface area contributed by atoms with Gasteiger partial charge in [0.2, 0.25) is 0 Å². The van der Waals surface area contributed by atoms with Gasteiger partial charge < -0.3 is 11.1 Å². The molecule has 0 saturated heterocycles. The van der Waals surface area contributed by atoms with Crippen molar-refractivity contribution in [2.24, 2.45) is 0 Å². The molecule has 1 aromatic carbocycles. The van der Waals surface area contributed by atoms with Crippen LogP contribution >= 0.6 is 11.6 Å². The average Bonchev–Trinajstić information content (AvgIpc) is 2.63. The molecular weight excluding hydrogens is 342 g/mol. The maximum absolute atomic E-state index is 12.1. The van der Waals surface area contributed by atoms with Crippen LogP contribution in [-0.4, -0.2) is 20.9 Å². The number of halogens is 1. The van der Waals surface area contributed by atoms with Gasteiger partial charge in [-0.15, -0.1) is 0 Å². The Morgan fingerprint density at radius 1 is 1.12 bits per heavy atom. The van der Waals surface area contributed by atoms with Crippen LogP contribution in [0.4, 0.5) is 23.0 Å². The number of carbonyl (C=O) groups is 1. The minimum absolute atomic E-state index is 0.248. The number of benzene rings is 1. The lowest BCUT2D eigenvalue weighted by molar-refractivity contribution is 0.0962. The fourth-order valence-electron chi connectivity index (χ4n) is 1.99. The van der Waals surface area contributed by atoms with Crippen LogP contribution in [0.5, 0.6) is 0 Å². The SMILES string of the molecule is Nc1c(NNC(=O)c2cccc(Cl)c2)ncnc1Nc1cccnc1. The van der Waals surface area contributed by atoms with Gasteiger partial charge in [0.25, 0.3) is 5.91 Å². The molecule has 2 heterocycles. The van der Waals surface area contributed by atoms with Gasteiger partial charge in [-0.1, -0.05) is 17.7 Å². The number of nitrogens with two attached hydrogens (primary N) is 1. The van der Waals surface area contributed by atoms with Crippen molar-refractivity contribution in [3.05, 3.63) is 65.7 Å². The molecule has 2 aromatic heterocycles. The van der Waals surface area contributed by atoms with E-state index >= 15 is 0 Å². The Labute approximate surface area is 148 Å². The number of hydrogen-bond donors (Lipinski definition) is 4. The van der Waals surface area contributed by atoms with Crippen LogP contribution in [0.25, 0.3) is 0 Å². The highest BCUT2D eigenvalue weighted by molar-refractivity contribution is 6.30. The molecule has 0 bridgehead atoms. The summed E-state index contributed by atoms with van der Waals surface area (Å²) in [5, 5.41) is 3.50. The maximum atomic E-state index is 12.1. The van der Waals surface area contributed by atoms with Gasteiger partial charge in [0.05, 0.1) is 11.9 Å². The second kappa shape index (κ2) is 7.45. The molecule has 126 valence electrons. The van der Waals surface area contributed by atoms with Crippen molar-refractivity contribution < 1.29 is 4.79 Å². The number of nitrogen functional groups attached to an aromatic ring is 1. The molecule has 25 heavy (non-hydrogen) atoms. The predicted octanol–water partition coefficient (Wildman–Crippen LogP) is 2.61. The molecule has 5 N–H and O–H groups in total. The number of pyridine rings is 1. The lowest BCUT2D eigenvalue weighted by Gasteiger charge is -2.13. The van der Waals surface area contributed by atoms with Crippen molar-refractivity contribution in [1.82, 2.24) is 20.4 Å². The lowest BCUT2D eigenvalue weighted by Crippen LogP contribution is -2.30. The Bertz CT molecular complexity index is 889. The first-order valence-corrected chi connectivity index (χ1v) is 7.61. The van der Waals surface area contributed by atoms with E-state index < -0.39 is 0 Å². The summed E-state index contributed by atoms with van der Waals surface area (Å²) in [5.41, 5.74) is 12.6. The van der Waals surface area contributed by atoms with E-state index in [1.807, 2.05) is 6.07 Å². The molecule has 0 spiro atoms. The van der Waals surface area contributed by atoms with E-state index in [-0.39, 0.29) is 17.4 Å². The zero-order valence-corrected chi connectivity index (χ0v) is 13.7. The smallest absolute Gasteiger partial charge is 0.269 e. The van der Waals surface area contributed by atoms with Crippen LogP contribution in [0.3, 0.4) is 0 Å². The first-order chi connectivity index (χ1) is 12.1. The number of anilines is 4. The molecule has 8 nitrogen and oxygen atoms in total. The third kappa shape index (κ3) is 4.12. The predicted molar refractivity (Wildman–Crippen MR) is 96.5 cm³/mol. The van der Waals surface area contributed by atoms with E-state index in [1.165, 1.54) is 6.33 Å². The zero-order chi connectivity index (χ0) is 17.6. The highest BCUT2D eigenvalue weighted by Gasteiger charge is 2.10.